The standard InChI is InChI=1S/C33H53N5O7/c1-21(39)34-29(5,6)23(40)35-31(9,10)25(42)38-33(13,20-19-22-17-15-14-16-18-22)26(43)37-30(7,8)24(41)36-32(11,12)27(44)45-28(2,3)4/h14-18H,19-20H2,1-13H3,(H,34,39)(H,35,40)(H,36,41)(H,37,43)(H,38,42)/t33-/m1/s1. The van der Waals surface area contributed by atoms with Crippen LogP contribution in [0.4, 0.5) is 0 Å². The molecule has 0 aliphatic rings. The third-order valence-corrected chi connectivity index (χ3v) is 7.03. The predicted octanol–water partition coefficient (Wildman–Crippen LogP) is 2.43. The lowest BCUT2D eigenvalue weighted by Gasteiger charge is -2.38. The van der Waals surface area contributed by atoms with Crippen molar-refractivity contribution in [2.24, 2.45) is 0 Å². The normalized spacial score (nSPS) is 13.9. The second-order valence-electron chi connectivity index (χ2n) is 14.8. The van der Waals surface area contributed by atoms with Crippen molar-refractivity contribution in [3.8, 4) is 0 Å². The number of benzene rings is 1. The summed E-state index contributed by atoms with van der Waals surface area (Å²) in [5.41, 5.74) is -7.10. The first kappa shape index (κ1) is 39.1. The van der Waals surface area contributed by atoms with Gasteiger partial charge in [0.05, 0.1) is 0 Å². The van der Waals surface area contributed by atoms with E-state index in [1.165, 1.54) is 62.3 Å². The zero-order valence-electron chi connectivity index (χ0n) is 29.2. The van der Waals surface area contributed by atoms with E-state index in [-0.39, 0.29) is 6.42 Å². The Morgan fingerprint density at radius 3 is 1.40 bits per heavy atom. The number of aryl methyl sites for hydroxylation is 1. The minimum Gasteiger partial charge on any atom is -0.458 e. The van der Waals surface area contributed by atoms with Crippen LogP contribution >= 0.6 is 0 Å². The molecule has 0 saturated carbocycles. The molecule has 5 amide bonds. The first-order valence-corrected chi connectivity index (χ1v) is 15.0. The number of nitrogens with one attached hydrogen (secondary N) is 5. The second kappa shape index (κ2) is 14.0. The van der Waals surface area contributed by atoms with Crippen molar-refractivity contribution in [1.29, 1.82) is 0 Å². The first-order chi connectivity index (χ1) is 20.1. The number of amides is 5. The zero-order chi connectivity index (χ0) is 35.2. The molecule has 12 nitrogen and oxygen atoms in total. The topological polar surface area (TPSA) is 172 Å². The third-order valence-electron chi connectivity index (χ3n) is 7.03. The molecule has 0 saturated heterocycles. The van der Waals surface area contributed by atoms with Crippen molar-refractivity contribution in [3.63, 3.8) is 0 Å². The summed E-state index contributed by atoms with van der Waals surface area (Å²) in [5.74, 6) is -3.61. The van der Waals surface area contributed by atoms with Gasteiger partial charge in [-0.25, -0.2) is 4.79 Å². The Bertz CT molecular complexity index is 1280. The number of carbonyl (C=O) groups excluding carboxylic acids is 6. The van der Waals surface area contributed by atoms with E-state index < -0.39 is 68.8 Å². The molecule has 0 radical (unpaired) electrons. The van der Waals surface area contributed by atoms with Gasteiger partial charge in [0.1, 0.15) is 33.3 Å². The smallest absolute Gasteiger partial charge is 0.331 e. The lowest BCUT2D eigenvalue weighted by Crippen LogP contribution is -2.69. The highest BCUT2D eigenvalue weighted by molar-refractivity contribution is 6.00. The summed E-state index contributed by atoms with van der Waals surface area (Å²) < 4.78 is 5.43. The Labute approximate surface area is 267 Å². The second-order valence-corrected chi connectivity index (χ2v) is 14.8. The third kappa shape index (κ3) is 11.8. The SMILES string of the molecule is CC(=O)NC(C)(C)C(=O)NC(C)(C)C(=O)N[C@](C)(CCc1ccccc1)C(=O)NC(C)(C)C(=O)NC(C)(C)C(=O)OC(C)(C)C. The minimum absolute atomic E-state index is 0.150. The molecule has 1 rings (SSSR count). The Morgan fingerprint density at radius 1 is 0.556 bits per heavy atom. The largest absolute Gasteiger partial charge is 0.458 e. The van der Waals surface area contributed by atoms with Gasteiger partial charge in [-0.3, -0.25) is 24.0 Å². The molecular weight excluding hydrogens is 578 g/mol. The molecule has 45 heavy (non-hydrogen) atoms. The highest BCUT2D eigenvalue weighted by atomic mass is 16.6. The van der Waals surface area contributed by atoms with Crippen LogP contribution in [-0.4, -0.2) is 68.8 Å². The molecule has 0 spiro atoms. The fourth-order valence-electron chi connectivity index (χ4n) is 4.05. The molecule has 0 unspecified atom stereocenters. The van der Waals surface area contributed by atoms with Crippen LogP contribution in [0.25, 0.3) is 0 Å². The van der Waals surface area contributed by atoms with Crippen molar-refractivity contribution < 1.29 is 33.5 Å². The summed E-state index contributed by atoms with van der Waals surface area (Å²) in [6.07, 6.45) is 0.558. The highest BCUT2D eigenvalue weighted by Crippen LogP contribution is 2.21. The van der Waals surface area contributed by atoms with Crippen LogP contribution in [0.15, 0.2) is 30.3 Å². The van der Waals surface area contributed by atoms with Crippen LogP contribution in [0.5, 0.6) is 0 Å². The lowest BCUT2D eigenvalue weighted by atomic mass is 9.88. The Balaban J connectivity index is 3.27. The Kier molecular flexibility index (Phi) is 12.1. The molecule has 0 aromatic heterocycles. The Hall–Kier alpha value is -3.96. The Morgan fingerprint density at radius 2 is 0.956 bits per heavy atom. The van der Waals surface area contributed by atoms with Gasteiger partial charge in [0.2, 0.25) is 29.5 Å². The minimum atomic E-state index is -1.54. The molecule has 1 atom stereocenters. The lowest BCUT2D eigenvalue weighted by molar-refractivity contribution is -0.163. The van der Waals surface area contributed by atoms with E-state index in [0.717, 1.165) is 5.56 Å². The van der Waals surface area contributed by atoms with E-state index in [1.54, 1.807) is 27.7 Å². The van der Waals surface area contributed by atoms with E-state index in [1.807, 2.05) is 30.3 Å². The van der Waals surface area contributed by atoms with Gasteiger partial charge in [-0.15, -0.1) is 0 Å². The summed E-state index contributed by atoms with van der Waals surface area (Å²) >= 11 is 0. The fraction of sp³-hybridized carbons (Fsp3) is 0.636. The van der Waals surface area contributed by atoms with E-state index in [9.17, 15) is 28.8 Å². The molecule has 0 fully saturated rings. The predicted molar refractivity (Wildman–Crippen MR) is 172 cm³/mol. The van der Waals surface area contributed by atoms with E-state index in [0.29, 0.717) is 6.42 Å². The van der Waals surface area contributed by atoms with Gasteiger partial charge in [-0.05, 0) is 101 Å². The molecule has 0 heterocycles. The maximum Gasteiger partial charge on any atom is 0.331 e. The van der Waals surface area contributed by atoms with Crippen molar-refractivity contribution in [2.45, 2.75) is 136 Å². The van der Waals surface area contributed by atoms with Crippen molar-refractivity contribution in [3.05, 3.63) is 35.9 Å². The first-order valence-electron chi connectivity index (χ1n) is 15.0. The van der Waals surface area contributed by atoms with Crippen LogP contribution in [0, 0.1) is 0 Å². The van der Waals surface area contributed by atoms with Crippen LogP contribution in [-0.2, 0) is 39.9 Å². The van der Waals surface area contributed by atoms with Crippen molar-refractivity contribution in [2.75, 3.05) is 0 Å². The number of hydrogen-bond acceptors (Lipinski definition) is 7. The van der Waals surface area contributed by atoms with Gasteiger partial charge in [0, 0.05) is 6.92 Å². The summed E-state index contributed by atoms with van der Waals surface area (Å²) in [5, 5.41) is 13.4. The molecule has 252 valence electrons. The molecule has 1 aromatic rings. The molecular formula is C33H53N5O7. The van der Waals surface area contributed by atoms with Crippen LogP contribution < -0.4 is 26.6 Å². The van der Waals surface area contributed by atoms with Gasteiger partial charge < -0.3 is 31.3 Å². The number of carbonyl (C=O) groups is 6. The average Bonchev–Trinajstić information content (AvgIpc) is 2.85. The van der Waals surface area contributed by atoms with Crippen LogP contribution in [0.1, 0.15) is 102 Å². The number of ether oxygens (including phenoxy) is 1. The van der Waals surface area contributed by atoms with E-state index in [2.05, 4.69) is 26.6 Å². The van der Waals surface area contributed by atoms with Gasteiger partial charge in [-0.1, -0.05) is 30.3 Å². The summed E-state index contributed by atoms with van der Waals surface area (Å²) in [6, 6.07) is 9.38. The quantitative estimate of drug-likeness (QED) is 0.208. The molecule has 0 bridgehead atoms. The fourth-order valence-corrected chi connectivity index (χ4v) is 4.05. The van der Waals surface area contributed by atoms with Gasteiger partial charge in [0.25, 0.3) is 0 Å². The van der Waals surface area contributed by atoms with Crippen molar-refractivity contribution in [1.82, 2.24) is 26.6 Å². The van der Waals surface area contributed by atoms with Crippen LogP contribution in [0.3, 0.4) is 0 Å². The summed E-state index contributed by atoms with van der Waals surface area (Å²) in [4.78, 5) is 78.2. The van der Waals surface area contributed by atoms with E-state index >= 15 is 0 Å². The molecule has 0 aliphatic heterocycles. The van der Waals surface area contributed by atoms with Crippen LogP contribution in [0.2, 0.25) is 0 Å². The molecule has 1 aromatic carbocycles. The summed E-state index contributed by atoms with van der Waals surface area (Å²) in [6.45, 7) is 19.9. The monoisotopic (exact) mass is 631 g/mol. The zero-order valence-corrected chi connectivity index (χ0v) is 29.2. The highest BCUT2D eigenvalue weighted by Gasteiger charge is 2.45. The van der Waals surface area contributed by atoms with Gasteiger partial charge >= 0.3 is 5.97 Å². The maximum atomic E-state index is 13.9. The summed E-state index contributed by atoms with van der Waals surface area (Å²) in [7, 11) is 0. The van der Waals surface area contributed by atoms with Crippen molar-refractivity contribution >= 4 is 35.5 Å². The average molecular weight is 632 g/mol. The van der Waals surface area contributed by atoms with E-state index in [4.69, 9.17) is 4.74 Å². The molecule has 5 N–H and O–H groups in total. The molecule has 12 heteroatoms. The van der Waals surface area contributed by atoms with Gasteiger partial charge in [0.15, 0.2) is 0 Å². The number of rotatable bonds is 13. The van der Waals surface area contributed by atoms with Gasteiger partial charge in [-0.2, -0.15) is 0 Å². The maximum absolute atomic E-state index is 13.9. The molecule has 0 aliphatic carbocycles. The number of esters is 1. The number of hydrogen-bond donors (Lipinski definition) is 5.